The molecule has 1 saturated heterocycles. The molecule has 1 fully saturated rings. The molecular formula is C14H22N6. The van der Waals surface area contributed by atoms with Crippen LogP contribution in [0.4, 0.5) is 5.95 Å². The molecule has 0 saturated carbocycles. The van der Waals surface area contributed by atoms with E-state index >= 15 is 0 Å². The minimum atomic E-state index is 0.374. The van der Waals surface area contributed by atoms with Gasteiger partial charge in [-0.05, 0) is 25.3 Å². The fourth-order valence-corrected chi connectivity index (χ4v) is 2.78. The molecule has 0 radical (unpaired) electrons. The third kappa shape index (κ3) is 2.35. The molecule has 108 valence electrons. The van der Waals surface area contributed by atoms with Gasteiger partial charge in [-0.25, -0.2) is 9.67 Å². The molecule has 6 heteroatoms. The SMILES string of the molecule is CNc1ncc2c(C(C)C)nn(CC3CCCN3)c2n1. The Morgan fingerprint density at radius 1 is 1.50 bits per heavy atom. The highest BCUT2D eigenvalue weighted by molar-refractivity contribution is 5.79. The van der Waals surface area contributed by atoms with Crippen molar-refractivity contribution in [3.63, 3.8) is 0 Å². The number of fused-ring (bicyclic) bond motifs is 1. The van der Waals surface area contributed by atoms with E-state index in [1.54, 1.807) is 0 Å². The summed E-state index contributed by atoms with van der Waals surface area (Å²) in [5.74, 6) is 1.02. The van der Waals surface area contributed by atoms with Crippen molar-refractivity contribution in [2.45, 2.75) is 45.2 Å². The van der Waals surface area contributed by atoms with Gasteiger partial charge >= 0.3 is 0 Å². The van der Waals surface area contributed by atoms with E-state index in [9.17, 15) is 0 Å². The topological polar surface area (TPSA) is 67.7 Å². The Balaban J connectivity index is 2.04. The summed E-state index contributed by atoms with van der Waals surface area (Å²) < 4.78 is 2.04. The molecule has 2 aromatic heterocycles. The number of hydrogen-bond donors (Lipinski definition) is 2. The molecule has 0 amide bonds. The van der Waals surface area contributed by atoms with E-state index in [0.29, 0.717) is 17.9 Å². The Kier molecular flexibility index (Phi) is 3.56. The predicted octanol–water partition coefficient (Wildman–Crippen LogP) is 1.74. The van der Waals surface area contributed by atoms with Crippen LogP contribution in [0.15, 0.2) is 6.20 Å². The van der Waals surface area contributed by atoms with Gasteiger partial charge in [0.1, 0.15) is 0 Å². The van der Waals surface area contributed by atoms with E-state index in [2.05, 4.69) is 34.4 Å². The van der Waals surface area contributed by atoms with Crippen molar-refractivity contribution in [2.75, 3.05) is 18.9 Å². The summed E-state index contributed by atoms with van der Waals surface area (Å²) in [4.78, 5) is 8.91. The number of anilines is 1. The van der Waals surface area contributed by atoms with Crippen LogP contribution >= 0.6 is 0 Å². The maximum Gasteiger partial charge on any atom is 0.224 e. The first-order chi connectivity index (χ1) is 9.69. The Labute approximate surface area is 119 Å². The molecule has 0 bridgehead atoms. The summed E-state index contributed by atoms with van der Waals surface area (Å²) in [6, 6.07) is 0.506. The summed E-state index contributed by atoms with van der Waals surface area (Å²) in [5.41, 5.74) is 2.02. The van der Waals surface area contributed by atoms with Crippen LogP contribution in [-0.2, 0) is 6.54 Å². The molecule has 2 N–H and O–H groups in total. The van der Waals surface area contributed by atoms with Crippen LogP contribution in [0.3, 0.4) is 0 Å². The molecule has 1 unspecified atom stereocenters. The third-order valence-corrected chi connectivity index (χ3v) is 3.84. The summed E-state index contributed by atoms with van der Waals surface area (Å²) in [7, 11) is 1.84. The van der Waals surface area contributed by atoms with Gasteiger partial charge in [0.25, 0.3) is 0 Å². The summed E-state index contributed by atoms with van der Waals surface area (Å²) in [6.07, 6.45) is 4.34. The fraction of sp³-hybridized carbons (Fsp3) is 0.643. The van der Waals surface area contributed by atoms with E-state index in [1.807, 2.05) is 17.9 Å². The Bertz CT molecular complexity index is 597. The lowest BCUT2D eigenvalue weighted by atomic mass is 10.1. The van der Waals surface area contributed by atoms with E-state index < -0.39 is 0 Å². The van der Waals surface area contributed by atoms with Gasteiger partial charge in [0.2, 0.25) is 5.95 Å². The van der Waals surface area contributed by atoms with Gasteiger partial charge in [-0.15, -0.1) is 0 Å². The van der Waals surface area contributed by atoms with Crippen LogP contribution in [-0.4, -0.2) is 39.4 Å². The van der Waals surface area contributed by atoms with Crippen LogP contribution in [0, 0.1) is 0 Å². The minimum absolute atomic E-state index is 0.374. The molecule has 1 atom stereocenters. The van der Waals surface area contributed by atoms with Crippen LogP contribution in [0.25, 0.3) is 11.0 Å². The zero-order valence-corrected chi connectivity index (χ0v) is 12.3. The third-order valence-electron chi connectivity index (χ3n) is 3.84. The van der Waals surface area contributed by atoms with Gasteiger partial charge in [0.15, 0.2) is 5.65 Å². The van der Waals surface area contributed by atoms with Gasteiger partial charge in [0, 0.05) is 19.3 Å². The van der Waals surface area contributed by atoms with Crippen molar-refractivity contribution in [3.05, 3.63) is 11.9 Å². The Morgan fingerprint density at radius 3 is 3.00 bits per heavy atom. The normalized spacial score (nSPS) is 19.1. The molecular weight excluding hydrogens is 252 g/mol. The standard InChI is InChI=1S/C14H22N6/c1-9(2)12-11-7-17-14(15-3)18-13(11)20(19-12)8-10-5-4-6-16-10/h7,9-10,16H,4-6,8H2,1-3H3,(H,15,17,18). The average molecular weight is 274 g/mol. The van der Waals surface area contributed by atoms with E-state index in [1.165, 1.54) is 12.8 Å². The number of rotatable bonds is 4. The number of nitrogens with zero attached hydrogens (tertiary/aromatic N) is 4. The Morgan fingerprint density at radius 2 is 2.35 bits per heavy atom. The lowest BCUT2D eigenvalue weighted by molar-refractivity contribution is 0.479. The zero-order chi connectivity index (χ0) is 14.1. The molecule has 1 aliphatic rings. The van der Waals surface area contributed by atoms with Gasteiger partial charge in [-0.2, -0.15) is 10.1 Å². The molecule has 3 heterocycles. The first-order valence-corrected chi connectivity index (χ1v) is 7.33. The van der Waals surface area contributed by atoms with Crippen LogP contribution in [0.1, 0.15) is 38.3 Å². The van der Waals surface area contributed by atoms with Crippen molar-refractivity contribution in [1.29, 1.82) is 0 Å². The number of hydrogen-bond acceptors (Lipinski definition) is 5. The lowest BCUT2D eigenvalue weighted by Gasteiger charge is -2.10. The van der Waals surface area contributed by atoms with Crippen molar-refractivity contribution < 1.29 is 0 Å². The first kappa shape index (κ1) is 13.3. The van der Waals surface area contributed by atoms with E-state index in [4.69, 9.17) is 5.10 Å². The molecule has 6 nitrogen and oxygen atoms in total. The van der Waals surface area contributed by atoms with Crippen molar-refractivity contribution in [3.8, 4) is 0 Å². The number of aromatic nitrogens is 4. The zero-order valence-electron chi connectivity index (χ0n) is 12.3. The van der Waals surface area contributed by atoms with Crippen LogP contribution < -0.4 is 10.6 Å². The molecule has 3 rings (SSSR count). The van der Waals surface area contributed by atoms with Gasteiger partial charge in [-0.1, -0.05) is 13.8 Å². The molecule has 20 heavy (non-hydrogen) atoms. The highest BCUT2D eigenvalue weighted by Crippen LogP contribution is 2.24. The van der Waals surface area contributed by atoms with Crippen LogP contribution in [0.2, 0.25) is 0 Å². The van der Waals surface area contributed by atoms with E-state index in [-0.39, 0.29) is 0 Å². The monoisotopic (exact) mass is 274 g/mol. The lowest BCUT2D eigenvalue weighted by Crippen LogP contribution is -2.27. The fourth-order valence-electron chi connectivity index (χ4n) is 2.78. The van der Waals surface area contributed by atoms with Crippen LogP contribution in [0.5, 0.6) is 0 Å². The first-order valence-electron chi connectivity index (χ1n) is 7.33. The quantitative estimate of drug-likeness (QED) is 0.889. The second kappa shape index (κ2) is 5.36. The van der Waals surface area contributed by atoms with Gasteiger partial charge in [-0.3, -0.25) is 0 Å². The molecule has 1 aliphatic heterocycles. The van der Waals surface area contributed by atoms with Crippen molar-refractivity contribution >= 4 is 17.0 Å². The summed E-state index contributed by atoms with van der Waals surface area (Å²) >= 11 is 0. The van der Waals surface area contributed by atoms with Gasteiger partial charge in [0.05, 0.1) is 17.6 Å². The second-order valence-corrected chi connectivity index (χ2v) is 5.70. The maximum absolute atomic E-state index is 4.77. The second-order valence-electron chi connectivity index (χ2n) is 5.70. The Hall–Kier alpha value is -1.69. The highest BCUT2D eigenvalue weighted by atomic mass is 15.3. The van der Waals surface area contributed by atoms with E-state index in [0.717, 1.165) is 29.8 Å². The molecule has 2 aromatic rings. The maximum atomic E-state index is 4.77. The molecule has 0 aliphatic carbocycles. The largest absolute Gasteiger partial charge is 0.357 e. The minimum Gasteiger partial charge on any atom is -0.357 e. The van der Waals surface area contributed by atoms with Crippen molar-refractivity contribution in [1.82, 2.24) is 25.1 Å². The summed E-state index contributed by atoms with van der Waals surface area (Å²) in [6.45, 7) is 6.30. The van der Waals surface area contributed by atoms with Crippen molar-refractivity contribution in [2.24, 2.45) is 0 Å². The highest BCUT2D eigenvalue weighted by Gasteiger charge is 2.20. The molecule has 0 aromatic carbocycles. The smallest absolute Gasteiger partial charge is 0.224 e. The molecule has 0 spiro atoms. The predicted molar refractivity (Wildman–Crippen MR) is 80.0 cm³/mol. The average Bonchev–Trinajstić information content (AvgIpc) is 3.07. The summed E-state index contributed by atoms with van der Waals surface area (Å²) in [5, 5.41) is 12.4. The number of nitrogens with one attached hydrogen (secondary N) is 2. The van der Waals surface area contributed by atoms with Gasteiger partial charge < -0.3 is 10.6 Å².